The van der Waals surface area contributed by atoms with Gasteiger partial charge >= 0.3 is 0 Å². The Bertz CT molecular complexity index is 1110. The SMILES string of the molecule is COc1ccc(C2CCCN2S(=O)(=O)CCn2cnc3ccccc32)cc1OC. The van der Waals surface area contributed by atoms with E-state index in [-0.39, 0.29) is 11.8 Å². The van der Waals surface area contributed by atoms with Crippen LogP contribution >= 0.6 is 0 Å². The van der Waals surface area contributed by atoms with Gasteiger partial charge in [0.25, 0.3) is 0 Å². The maximum Gasteiger partial charge on any atom is 0.216 e. The molecule has 1 aliphatic heterocycles. The van der Waals surface area contributed by atoms with Crippen molar-refractivity contribution >= 4 is 21.1 Å². The minimum absolute atomic E-state index is 0.0388. The number of sulfonamides is 1. The predicted octanol–water partition coefficient (Wildman–Crippen LogP) is 3.22. The van der Waals surface area contributed by atoms with Crippen LogP contribution in [-0.4, -0.2) is 48.8 Å². The summed E-state index contributed by atoms with van der Waals surface area (Å²) in [6.45, 7) is 0.907. The van der Waals surface area contributed by atoms with Gasteiger partial charge in [0.05, 0.1) is 37.3 Å². The molecule has 0 aliphatic carbocycles. The first-order chi connectivity index (χ1) is 14.0. The van der Waals surface area contributed by atoms with Crippen molar-refractivity contribution in [3.63, 3.8) is 0 Å². The third-order valence-corrected chi connectivity index (χ3v) is 7.32. The molecule has 0 radical (unpaired) electrons. The number of aromatic nitrogens is 2. The molecule has 3 aromatic rings. The normalized spacial score (nSPS) is 17.7. The number of rotatable bonds is 7. The average Bonchev–Trinajstić information content (AvgIpc) is 3.39. The Labute approximate surface area is 170 Å². The van der Waals surface area contributed by atoms with Crippen molar-refractivity contribution in [2.75, 3.05) is 26.5 Å². The van der Waals surface area contributed by atoms with Gasteiger partial charge in [-0.2, -0.15) is 4.31 Å². The van der Waals surface area contributed by atoms with Gasteiger partial charge in [0.2, 0.25) is 10.0 Å². The van der Waals surface area contributed by atoms with Gasteiger partial charge in [-0.15, -0.1) is 0 Å². The lowest BCUT2D eigenvalue weighted by Gasteiger charge is -2.25. The number of aryl methyl sites for hydroxylation is 1. The van der Waals surface area contributed by atoms with Gasteiger partial charge in [0.15, 0.2) is 11.5 Å². The van der Waals surface area contributed by atoms with Gasteiger partial charge in [0.1, 0.15) is 0 Å². The van der Waals surface area contributed by atoms with Gasteiger partial charge in [-0.3, -0.25) is 0 Å². The monoisotopic (exact) mass is 415 g/mol. The maximum absolute atomic E-state index is 13.2. The molecule has 8 heteroatoms. The summed E-state index contributed by atoms with van der Waals surface area (Å²) in [6.07, 6.45) is 3.34. The van der Waals surface area contributed by atoms with E-state index in [1.807, 2.05) is 47.0 Å². The minimum atomic E-state index is -3.42. The standard InChI is InChI=1S/C21H25N3O4S/c1-27-20-10-9-16(14-21(20)28-2)18-8-5-11-24(18)29(25,26)13-12-23-15-22-17-6-3-4-7-19(17)23/h3-4,6-7,9-10,14-15,18H,5,8,11-13H2,1-2H3. The van der Waals surface area contributed by atoms with E-state index in [2.05, 4.69) is 4.98 Å². The van der Waals surface area contributed by atoms with E-state index in [1.165, 1.54) is 0 Å². The van der Waals surface area contributed by atoms with E-state index >= 15 is 0 Å². The van der Waals surface area contributed by atoms with Crippen LogP contribution in [-0.2, 0) is 16.6 Å². The Morgan fingerprint density at radius 1 is 1.10 bits per heavy atom. The highest BCUT2D eigenvalue weighted by Gasteiger charge is 2.35. The van der Waals surface area contributed by atoms with E-state index in [4.69, 9.17) is 9.47 Å². The zero-order valence-corrected chi connectivity index (χ0v) is 17.4. The number of nitrogens with zero attached hydrogens (tertiary/aromatic N) is 3. The quantitative estimate of drug-likeness (QED) is 0.592. The first kappa shape index (κ1) is 19.7. The average molecular weight is 416 g/mol. The predicted molar refractivity (Wildman–Crippen MR) is 112 cm³/mol. The molecule has 0 saturated carbocycles. The number of para-hydroxylation sites is 2. The van der Waals surface area contributed by atoms with Crippen LogP contribution < -0.4 is 9.47 Å². The van der Waals surface area contributed by atoms with Crippen LogP contribution in [0.2, 0.25) is 0 Å². The summed E-state index contributed by atoms with van der Waals surface area (Å²) in [5.41, 5.74) is 2.74. The zero-order chi connectivity index (χ0) is 20.4. The third-order valence-electron chi connectivity index (χ3n) is 5.47. The van der Waals surface area contributed by atoms with E-state index in [0.717, 1.165) is 29.4 Å². The lowest BCUT2D eigenvalue weighted by atomic mass is 10.0. The van der Waals surface area contributed by atoms with Crippen LogP contribution in [0, 0.1) is 0 Å². The van der Waals surface area contributed by atoms with E-state index in [0.29, 0.717) is 24.6 Å². The summed E-state index contributed by atoms with van der Waals surface area (Å²) < 4.78 is 40.5. The number of ether oxygens (including phenoxy) is 2. The van der Waals surface area contributed by atoms with Crippen molar-refractivity contribution in [3.8, 4) is 11.5 Å². The molecule has 29 heavy (non-hydrogen) atoms. The molecule has 1 aromatic heterocycles. The molecule has 4 rings (SSSR count). The van der Waals surface area contributed by atoms with Gasteiger partial charge in [-0.25, -0.2) is 13.4 Å². The second kappa shape index (κ2) is 8.04. The van der Waals surface area contributed by atoms with E-state index < -0.39 is 10.0 Å². The summed E-state index contributed by atoms with van der Waals surface area (Å²) in [5, 5.41) is 0. The molecule has 0 N–H and O–H groups in total. The molecule has 1 atom stereocenters. The van der Waals surface area contributed by atoms with Crippen molar-refractivity contribution in [2.24, 2.45) is 0 Å². The van der Waals surface area contributed by atoms with Gasteiger partial charge < -0.3 is 14.0 Å². The number of hydrogen-bond acceptors (Lipinski definition) is 5. The molecule has 1 saturated heterocycles. The Hall–Kier alpha value is -2.58. The summed E-state index contributed by atoms with van der Waals surface area (Å²) in [7, 11) is -0.254. The van der Waals surface area contributed by atoms with Crippen LogP contribution in [0.1, 0.15) is 24.4 Å². The summed E-state index contributed by atoms with van der Waals surface area (Å²) in [5.74, 6) is 1.28. The molecular weight excluding hydrogens is 390 g/mol. The Kier molecular flexibility index (Phi) is 5.47. The molecule has 2 heterocycles. The maximum atomic E-state index is 13.2. The lowest BCUT2D eigenvalue weighted by molar-refractivity contribution is 0.351. The summed E-state index contributed by atoms with van der Waals surface area (Å²) in [6, 6.07) is 13.2. The lowest BCUT2D eigenvalue weighted by Crippen LogP contribution is -2.33. The van der Waals surface area contributed by atoms with Gasteiger partial charge in [-0.05, 0) is 42.7 Å². The largest absolute Gasteiger partial charge is 0.493 e. The smallest absolute Gasteiger partial charge is 0.216 e. The van der Waals surface area contributed by atoms with Gasteiger partial charge in [-0.1, -0.05) is 18.2 Å². The highest BCUT2D eigenvalue weighted by Crippen LogP contribution is 2.38. The molecule has 0 spiro atoms. The first-order valence-corrected chi connectivity index (χ1v) is 11.3. The van der Waals surface area contributed by atoms with Gasteiger partial charge in [0, 0.05) is 19.1 Å². The number of fused-ring (bicyclic) bond motifs is 1. The molecule has 0 amide bonds. The molecule has 7 nitrogen and oxygen atoms in total. The Morgan fingerprint density at radius 2 is 1.90 bits per heavy atom. The number of hydrogen-bond donors (Lipinski definition) is 0. The molecular formula is C21H25N3O4S. The second-order valence-electron chi connectivity index (χ2n) is 7.13. The third kappa shape index (κ3) is 3.82. The number of imidazole rings is 1. The highest BCUT2D eigenvalue weighted by atomic mass is 32.2. The Balaban J connectivity index is 1.54. The minimum Gasteiger partial charge on any atom is -0.493 e. The van der Waals surface area contributed by atoms with Crippen molar-refractivity contribution < 1.29 is 17.9 Å². The molecule has 1 aliphatic rings. The van der Waals surface area contributed by atoms with Crippen LogP contribution in [0.3, 0.4) is 0 Å². The number of methoxy groups -OCH3 is 2. The van der Waals surface area contributed by atoms with Crippen LogP contribution in [0.15, 0.2) is 48.8 Å². The van der Waals surface area contributed by atoms with E-state index in [1.54, 1.807) is 24.9 Å². The van der Waals surface area contributed by atoms with Crippen molar-refractivity contribution in [3.05, 3.63) is 54.4 Å². The first-order valence-electron chi connectivity index (χ1n) is 9.65. The molecule has 1 unspecified atom stereocenters. The summed E-state index contributed by atoms with van der Waals surface area (Å²) >= 11 is 0. The van der Waals surface area contributed by atoms with Crippen LogP contribution in [0.4, 0.5) is 0 Å². The van der Waals surface area contributed by atoms with Crippen molar-refractivity contribution in [1.29, 1.82) is 0 Å². The zero-order valence-electron chi connectivity index (χ0n) is 16.6. The van der Waals surface area contributed by atoms with Crippen molar-refractivity contribution in [2.45, 2.75) is 25.4 Å². The van der Waals surface area contributed by atoms with Crippen LogP contribution in [0.5, 0.6) is 11.5 Å². The Morgan fingerprint density at radius 3 is 2.69 bits per heavy atom. The topological polar surface area (TPSA) is 73.7 Å². The fourth-order valence-corrected chi connectivity index (χ4v) is 5.67. The second-order valence-corrected chi connectivity index (χ2v) is 9.17. The summed E-state index contributed by atoms with van der Waals surface area (Å²) in [4.78, 5) is 4.34. The molecule has 0 bridgehead atoms. The highest BCUT2D eigenvalue weighted by molar-refractivity contribution is 7.89. The van der Waals surface area contributed by atoms with Crippen LogP contribution in [0.25, 0.3) is 11.0 Å². The molecule has 154 valence electrons. The fourth-order valence-electron chi connectivity index (χ4n) is 3.99. The number of benzene rings is 2. The molecule has 1 fully saturated rings. The van der Waals surface area contributed by atoms with E-state index in [9.17, 15) is 8.42 Å². The fraction of sp³-hybridized carbons (Fsp3) is 0.381. The van der Waals surface area contributed by atoms with Crippen molar-refractivity contribution in [1.82, 2.24) is 13.9 Å². The molecule has 2 aromatic carbocycles.